The molecule has 5 heteroatoms. The third-order valence-corrected chi connectivity index (χ3v) is 2.05. The lowest BCUT2D eigenvalue weighted by molar-refractivity contribution is -0.0155. The highest BCUT2D eigenvalue weighted by Crippen LogP contribution is 2.26. The summed E-state index contributed by atoms with van der Waals surface area (Å²) in [5, 5.41) is 0.510. The van der Waals surface area contributed by atoms with Crippen molar-refractivity contribution in [3.05, 3.63) is 12.2 Å². The maximum absolute atomic E-state index is 12.8. The van der Waals surface area contributed by atoms with Gasteiger partial charge in [-0.25, -0.2) is 8.78 Å². The second kappa shape index (κ2) is 6.40. The summed E-state index contributed by atoms with van der Waals surface area (Å²) in [6.45, 7) is 0. The first-order valence-corrected chi connectivity index (χ1v) is 5.05. The minimum atomic E-state index is -2.82. The van der Waals surface area contributed by atoms with E-state index in [1.54, 1.807) is 0 Å². The molecule has 0 bridgehead atoms. The summed E-state index contributed by atoms with van der Waals surface area (Å²) in [6.07, 6.45) is -2.03. The van der Waals surface area contributed by atoms with Gasteiger partial charge in [-0.3, -0.25) is 0 Å². The summed E-state index contributed by atoms with van der Waals surface area (Å²) >= 11 is 3.03. The van der Waals surface area contributed by atoms with E-state index in [1.165, 1.54) is 0 Å². The number of hydrogen-bond donors (Lipinski definition) is 0. The molecule has 0 aliphatic carbocycles. The van der Waals surface area contributed by atoms with E-state index in [-0.39, 0.29) is 12.8 Å². The van der Waals surface area contributed by atoms with Crippen LogP contribution in [0.2, 0.25) is 0 Å². The van der Waals surface area contributed by atoms with E-state index < -0.39 is 18.4 Å². The van der Waals surface area contributed by atoms with E-state index in [2.05, 4.69) is 15.9 Å². The van der Waals surface area contributed by atoms with Crippen molar-refractivity contribution in [3.63, 3.8) is 0 Å². The lowest BCUT2D eigenvalue weighted by Gasteiger charge is -2.13. The van der Waals surface area contributed by atoms with Gasteiger partial charge >= 0.3 is 0 Å². The van der Waals surface area contributed by atoms with Crippen molar-refractivity contribution in [2.24, 2.45) is 0 Å². The molecule has 0 rings (SSSR count). The van der Waals surface area contributed by atoms with Gasteiger partial charge in [0.2, 0.25) is 5.92 Å². The van der Waals surface area contributed by atoms with Crippen LogP contribution in [0.3, 0.4) is 0 Å². The van der Waals surface area contributed by atoms with E-state index >= 15 is 0 Å². The number of alkyl halides is 3. The van der Waals surface area contributed by atoms with Crippen LogP contribution in [-0.2, 0) is 0 Å². The molecule has 78 valence electrons. The number of allylic oxidation sites excluding steroid dienone is 1. The second-order valence-corrected chi connectivity index (χ2v) is 3.47. The SMILES string of the molecule is FC(F)=CCCC(F)(F)CCCBr. The van der Waals surface area contributed by atoms with Crippen LogP contribution in [0.1, 0.15) is 25.7 Å². The fraction of sp³-hybridized carbons (Fsp3) is 0.750. The molecule has 0 atom stereocenters. The predicted octanol–water partition coefficient (Wildman–Crippen LogP) is 4.36. The van der Waals surface area contributed by atoms with Crippen LogP contribution in [-0.4, -0.2) is 11.3 Å². The van der Waals surface area contributed by atoms with E-state index in [1.807, 2.05) is 0 Å². The average Bonchev–Trinajstić information content (AvgIpc) is 2.00. The van der Waals surface area contributed by atoms with Crippen LogP contribution in [0.15, 0.2) is 12.2 Å². The first-order valence-electron chi connectivity index (χ1n) is 3.93. The summed E-state index contributed by atoms with van der Waals surface area (Å²) in [4.78, 5) is 0. The van der Waals surface area contributed by atoms with Crippen LogP contribution >= 0.6 is 15.9 Å². The van der Waals surface area contributed by atoms with E-state index in [0.29, 0.717) is 17.8 Å². The van der Waals surface area contributed by atoms with Crippen molar-refractivity contribution in [1.29, 1.82) is 0 Å². The molecule has 0 aliphatic rings. The zero-order valence-corrected chi connectivity index (χ0v) is 8.59. The molecule has 0 saturated heterocycles. The molecule has 0 aromatic heterocycles. The highest BCUT2D eigenvalue weighted by atomic mass is 79.9. The normalized spacial score (nSPS) is 11.5. The highest BCUT2D eigenvalue weighted by molar-refractivity contribution is 9.09. The predicted molar refractivity (Wildman–Crippen MR) is 47.5 cm³/mol. The third-order valence-electron chi connectivity index (χ3n) is 1.48. The molecule has 0 heterocycles. The molecule has 0 amide bonds. The van der Waals surface area contributed by atoms with Gasteiger partial charge in [0.25, 0.3) is 6.08 Å². The molecular formula is C8H11BrF4. The topological polar surface area (TPSA) is 0 Å². The lowest BCUT2D eigenvalue weighted by Crippen LogP contribution is -2.15. The van der Waals surface area contributed by atoms with E-state index in [0.717, 1.165) is 0 Å². The molecule has 0 unspecified atom stereocenters. The zero-order valence-electron chi connectivity index (χ0n) is 7.00. The molecule has 0 aromatic carbocycles. The van der Waals surface area contributed by atoms with Gasteiger partial charge in [0.05, 0.1) is 0 Å². The Hall–Kier alpha value is -0.0600. The Labute approximate surface area is 83.1 Å². The molecule has 0 aliphatic heterocycles. The van der Waals surface area contributed by atoms with Crippen LogP contribution in [0.25, 0.3) is 0 Å². The second-order valence-electron chi connectivity index (χ2n) is 2.68. The zero-order chi connectivity index (χ0) is 10.3. The molecule has 0 fully saturated rings. The Balaban J connectivity index is 3.68. The molecular weight excluding hydrogens is 252 g/mol. The Morgan fingerprint density at radius 2 is 1.85 bits per heavy atom. The largest absolute Gasteiger partial charge is 0.266 e. The third kappa shape index (κ3) is 8.28. The molecule has 13 heavy (non-hydrogen) atoms. The van der Waals surface area contributed by atoms with Gasteiger partial charge in [0.15, 0.2) is 0 Å². The Kier molecular flexibility index (Phi) is 6.37. The van der Waals surface area contributed by atoms with Crippen LogP contribution in [0, 0.1) is 0 Å². The Morgan fingerprint density at radius 3 is 2.31 bits per heavy atom. The van der Waals surface area contributed by atoms with Crippen LogP contribution < -0.4 is 0 Å². The van der Waals surface area contributed by atoms with Crippen molar-refractivity contribution in [2.75, 3.05) is 5.33 Å². The molecule has 0 aromatic rings. The van der Waals surface area contributed by atoms with Gasteiger partial charge in [0, 0.05) is 18.2 Å². The van der Waals surface area contributed by atoms with Crippen molar-refractivity contribution in [1.82, 2.24) is 0 Å². The van der Waals surface area contributed by atoms with Gasteiger partial charge in [-0.1, -0.05) is 15.9 Å². The summed E-state index contributed by atoms with van der Waals surface area (Å²) in [5.41, 5.74) is 0. The maximum atomic E-state index is 12.8. The van der Waals surface area contributed by atoms with Crippen LogP contribution in [0.4, 0.5) is 17.6 Å². The van der Waals surface area contributed by atoms with Gasteiger partial charge in [-0.15, -0.1) is 0 Å². The maximum Gasteiger partial charge on any atom is 0.266 e. The summed E-state index contributed by atoms with van der Waals surface area (Å²) in [7, 11) is 0. The first-order chi connectivity index (χ1) is 5.98. The number of rotatable bonds is 6. The number of halogens is 5. The monoisotopic (exact) mass is 262 g/mol. The smallest absolute Gasteiger partial charge is 0.207 e. The molecule has 0 N–H and O–H groups in total. The van der Waals surface area contributed by atoms with Crippen molar-refractivity contribution < 1.29 is 17.6 Å². The van der Waals surface area contributed by atoms with E-state index in [9.17, 15) is 17.6 Å². The quantitative estimate of drug-likeness (QED) is 0.493. The fourth-order valence-corrected chi connectivity index (χ4v) is 1.12. The standard InChI is InChI=1S/C8H11BrF4/c9-6-2-5-8(12,13)4-1-3-7(10)11/h3H,1-2,4-6H2. The van der Waals surface area contributed by atoms with Crippen molar-refractivity contribution in [2.45, 2.75) is 31.6 Å². The first kappa shape index (κ1) is 12.9. The Bertz CT molecular complexity index is 164. The van der Waals surface area contributed by atoms with Crippen LogP contribution in [0.5, 0.6) is 0 Å². The molecule has 0 saturated carbocycles. The van der Waals surface area contributed by atoms with Gasteiger partial charge in [-0.2, -0.15) is 8.78 Å². The molecule has 0 nitrogen and oxygen atoms in total. The summed E-state index contributed by atoms with van der Waals surface area (Å²) in [5.74, 6) is -2.82. The van der Waals surface area contributed by atoms with Crippen molar-refractivity contribution >= 4 is 15.9 Å². The van der Waals surface area contributed by atoms with Gasteiger partial charge in [-0.05, 0) is 18.9 Å². The minimum absolute atomic E-state index is 0.250. The number of hydrogen-bond acceptors (Lipinski definition) is 0. The average molecular weight is 263 g/mol. The summed E-state index contributed by atoms with van der Waals surface area (Å²) in [6, 6.07) is 0. The summed E-state index contributed by atoms with van der Waals surface area (Å²) < 4.78 is 48.5. The highest BCUT2D eigenvalue weighted by Gasteiger charge is 2.26. The molecule has 0 radical (unpaired) electrons. The van der Waals surface area contributed by atoms with Gasteiger partial charge in [0.1, 0.15) is 0 Å². The fourth-order valence-electron chi connectivity index (χ4n) is 0.843. The van der Waals surface area contributed by atoms with E-state index in [4.69, 9.17) is 0 Å². The molecule has 0 spiro atoms. The Morgan fingerprint density at radius 1 is 1.23 bits per heavy atom. The minimum Gasteiger partial charge on any atom is -0.207 e. The lowest BCUT2D eigenvalue weighted by atomic mass is 10.1. The van der Waals surface area contributed by atoms with Crippen molar-refractivity contribution in [3.8, 4) is 0 Å². The van der Waals surface area contributed by atoms with Gasteiger partial charge < -0.3 is 0 Å².